The van der Waals surface area contributed by atoms with Gasteiger partial charge in [-0.1, -0.05) is 11.6 Å². The highest BCUT2D eigenvalue weighted by atomic mass is 35.5. The number of alkyl halides is 3. The van der Waals surface area contributed by atoms with Gasteiger partial charge in [-0.05, 0) is 62.1 Å². The molecule has 1 aromatic carbocycles. The van der Waals surface area contributed by atoms with Gasteiger partial charge in [0.25, 0.3) is 5.91 Å². The molecule has 0 unspecified atom stereocenters. The number of hydrogen-bond acceptors (Lipinski definition) is 5. The van der Waals surface area contributed by atoms with E-state index in [4.69, 9.17) is 11.6 Å². The highest BCUT2D eigenvalue weighted by molar-refractivity contribution is 6.31. The zero-order chi connectivity index (χ0) is 25.3. The Balaban J connectivity index is 1.30. The summed E-state index contributed by atoms with van der Waals surface area (Å²) in [6, 6.07) is 8.93. The number of nitrogens with zero attached hydrogens (tertiary/aromatic N) is 4. The Morgan fingerprint density at radius 1 is 1.08 bits per heavy atom. The van der Waals surface area contributed by atoms with Gasteiger partial charge in [0.15, 0.2) is 0 Å². The normalized spacial score (nSPS) is 18.2. The van der Waals surface area contributed by atoms with Crippen molar-refractivity contribution in [3.63, 3.8) is 0 Å². The van der Waals surface area contributed by atoms with E-state index >= 15 is 0 Å². The minimum Gasteiger partial charge on any atom is -0.382 e. The van der Waals surface area contributed by atoms with E-state index in [0.29, 0.717) is 28.1 Å². The molecule has 3 heterocycles. The van der Waals surface area contributed by atoms with Gasteiger partial charge in [-0.3, -0.25) is 9.78 Å². The second-order valence-electron chi connectivity index (χ2n) is 8.77. The quantitative estimate of drug-likeness (QED) is 0.360. The van der Waals surface area contributed by atoms with Crippen LogP contribution < -0.4 is 10.6 Å². The zero-order valence-corrected chi connectivity index (χ0v) is 19.7. The summed E-state index contributed by atoms with van der Waals surface area (Å²) < 4.78 is 42.0. The first-order valence-corrected chi connectivity index (χ1v) is 11.8. The number of anilines is 1. The molecule has 2 atom stereocenters. The highest BCUT2D eigenvalue weighted by Crippen LogP contribution is 2.35. The van der Waals surface area contributed by atoms with Crippen LogP contribution in [0.1, 0.15) is 41.7 Å². The van der Waals surface area contributed by atoms with Crippen LogP contribution in [0.25, 0.3) is 16.6 Å². The Bertz CT molecular complexity index is 1390. The standard InChI is InChI=1S/C25H22ClF3N6O/c26-16-4-5-21-20(10-16)22(12-23(34-21)25(27,28)29)32-17-2-1-3-18(11-17)33-24(36)15-13-31-35(14-15)19-6-8-30-9-7-19/h4-10,12-14,17-18H,1-3,11H2,(H,32,34)(H,33,36)/t17-,18+/m0/s1. The molecule has 1 amide bonds. The molecule has 3 aromatic heterocycles. The summed E-state index contributed by atoms with van der Waals surface area (Å²) in [6.07, 6.45) is 4.78. The summed E-state index contributed by atoms with van der Waals surface area (Å²) in [5.41, 5.74) is 0.779. The molecule has 0 aliphatic heterocycles. The molecule has 1 aliphatic carbocycles. The lowest BCUT2D eigenvalue weighted by Crippen LogP contribution is -2.41. The number of benzene rings is 1. The molecule has 0 saturated heterocycles. The third-order valence-corrected chi connectivity index (χ3v) is 6.44. The van der Waals surface area contributed by atoms with Gasteiger partial charge in [0.05, 0.1) is 23.0 Å². The lowest BCUT2D eigenvalue weighted by Gasteiger charge is -2.31. The number of fused-ring (bicyclic) bond motifs is 1. The van der Waals surface area contributed by atoms with Crippen molar-refractivity contribution < 1.29 is 18.0 Å². The molecule has 7 nitrogen and oxygen atoms in total. The van der Waals surface area contributed by atoms with Gasteiger partial charge in [0, 0.05) is 46.8 Å². The monoisotopic (exact) mass is 514 g/mol. The Hall–Kier alpha value is -3.66. The van der Waals surface area contributed by atoms with Crippen molar-refractivity contribution in [3.8, 4) is 5.69 Å². The molecule has 0 bridgehead atoms. The number of rotatable bonds is 5. The van der Waals surface area contributed by atoms with Gasteiger partial charge >= 0.3 is 6.18 Å². The average molecular weight is 515 g/mol. The number of pyridine rings is 2. The van der Waals surface area contributed by atoms with Gasteiger partial charge in [0.1, 0.15) is 5.69 Å². The molecule has 2 N–H and O–H groups in total. The molecule has 5 rings (SSSR count). The van der Waals surface area contributed by atoms with Crippen LogP contribution in [0.15, 0.2) is 61.2 Å². The number of hydrogen-bond donors (Lipinski definition) is 2. The smallest absolute Gasteiger partial charge is 0.382 e. The van der Waals surface area contributed by atoms with Crippen LogP contribution in [0.5, 0.6) is 0 Å². The van der Waals surface area contributed by atoms with E-state index in [1.54, 1.807) is 41.5 Å². The number of carbonyl (C=O) groups is 1. The third kappa shape index (κ3) is 5.28. The topological polar surface area (TPSA) is 84.7 Å². The Kier molecular flexibility index (Phi) is 6.53. The molecule has 1 aliphatic rings. The SMILES string of the molecule is O=C(N[C@@H]1CCC[C@H](Nc2cc(C(F)(F)F)nc3ccc(Cl)cc23)C1)c1cnn(-c2ccncc2)c1. The van der Waals surface area contributed by atoms with Crippen molar-refractivity contribution in [1.82, 2.24) is 25.1 Å². The van der Waals surface area contributed by atoms with Crippen molar-refractivity contribution >= 4 is 34.1 Å². The van der Waals surface area contributed by atoms with Crippen LogP contribution in [0, 0.1) is 0 Å². The number of aromatic nitrogens is 4. The summed E-state index contributed by atoms with van der Waals surface area (Å²) in [4.78, 5) is 20.6. The highest BCUT2D eigenvalue weighted by Gasteiger charge is 2.34. The van der Waals surface area contributed by atoms with E-state index in [2.05, 4.69) is 25.7 Å². The van der Waals surface area contributed by atoms with E-state index in [1.165, 1.54) is 18.3 Å². The fourth-order valence-electron chi connectivity index (χ4n) is 4.48. The number of nitrogens with one attached hydrogen (secondary N) is 2. The maximum atomic E-state index is 13.5. The summed E-state index contributed by atoms with van der Waals surface area (Å²) >= 11 is 6.11. The van der Waals surface area contributed by atoms with Gasteiger partial charge < -0.3 is 10.6 Å². The molecule has 1 fully saturated rings. The van der Waals surface area contributed by atoms with Crippen LogP contribution >= 0.6 is 11.6 Å². The first-order chi connectivity index (χ1) is 17.3. The fraction of sp³-hybridized carbons (Fsp3) is 0.280. The molecule has 4 aromatic rings. The first kappa shape index (κ1) is 24.1. The van der Waals surface area contributed by atoms with Crippen LogP contribution in [-0.4, -0.2) is 37.7 Å². The largest absolute Gasteiger partial charge is 0.433 e. The number of halogens is 4. The van der Waals surface area contributed by atoms with Crippen LogP contribution in [-0.2, 0) is 6.18 Å². The van der Waals surface area contributed by atoms with Crippen LogP contribution in [0.4, 0.5) is 18.9 Å². The minimum atomic E-state index is -4.58. The number of amides is 1. The Morgan fingerprint density at radius 3 is 2.64 bits per heavy atom. The zero-order valence-electron chi connectivity index (χ0n) is 19.0. The van der Waals surface area contributed by atoms with Crippen LogP contribution in [0.2, 0.25) is 5.02 Å². The van der Waals surface area contributed by atoms with Gasteiger partial charge in [0.2, 0.25) is 0 Å². The second kappa shape index (κ2) is 9.77. The van der Waals surface area contributed by atoms with Gasteiger partial charge in [-0.25, -0.2) is 9.67 Å². The fourth-order valence-corrected chi connectivity index (χ4v) is 4.65. The van der Waals surface area contributed by atoms with Gasteiger partial charge in [-0.2, -0.15) is 18.3 Å². The van der Waals surface area contributed by atoms with E-state index in [-0.39, 0.29) is 23.5 Å². The Morgan fingerprint density at radius 2 is 1.86 bits per heavy atom. The predicted molar refractivity (Wildman–Crippen MR) is 130 cm³/mol. The first-order valence-electron chi connectivity index (χ1n) is 11.5. The van der Waals surface area contributed by atoms with Crippen molar-refractivity contribution in [2.24, 2.45) is 0 Å². The van der Waals surface area contributed by atoms with Crippen LogP contribution in [0.3, 0.4) is 0 Å². The predicted octanol–water partition coefficient (Wildman–Crippen LogP) is 5.64. The van der Waals surface area contributed by atoms with Crippen molar-refractivity contribution in [2.75, 3.05) is 5.32 Å². The minimum absolute atomic E-state index is 0.130. The molecule has 11 heteroatoms. The maximum absolute atomic E-state index is 13.5. The van der Waals surface area contributed by atoms with E-state index < -0.39 is 11.9 Å². The van der Waals surface area contributed by atoms with E-state index in [0.717, 1.165) is 31.0 Å². The molecular formula is C25H22ClF3N6O. The van der Waals surface area contributed by atoms with E-state index in [9.17, 15) is 18.0 Å². The second-order valence-corrected chi connectivity index (χ2v) is 9.21. The lowest BCUT2D eigenvalue weighted by atomic mass is 9.90. The summed E-state index contributed by atoms with van der Waals surface area (Å²) in [6.45, 7) is 0. The molecule has 0 spiro atoms. The summed E-state index contributed by atoms with van der Waals surface area (Å²) in [5, 5.41) is 11.5. The molecule has 186 valence electrons. The Labute approximate surface area is 209 Å². The molecule has 1 saturated carbocycles. The van der Waals surface area contributed by atoms with Gasteiger partial charge in [-0.15, -0.1) is 0 Å². The molecule has 0 radical (unpaired) electrons. The van der Waals surface area contributed by atoms with Crippen molar-refractivity contribution in [3.05, 3.63) is 77.5 Å². The maximum Gasteiger partial charge on any atom is 0.433 e. The van der Waals surface area contributed by atoms with Crippen molar-refractivity contribution in [1.29, 1.82) is 0 Å². The third-order valence-electron chi connectivity index (χ3n) is 6.20. The van der Waals surface area contributed by atoms with Crippen molar-refractivity contribution in [2.45, 2.75) is 43.9 Å². The average Bonchev–Trinajstić information content (AvgIpc) is 3.35. The lowest BCUT2D eigenvalue weighted by molar-refractivity contribution is -0.140. The molecular weight excluding hydrogens is 493 g/mol. The van der Waals surface area contributed by atoms with E-state index in [1.807, 2.05) is 0 Å². The summed E-state index contributed by atoms with van der Waals surface area (Å²) in [7, 11) is 0. The summed E-state index contributed by atoms with van der Waals surface area (Å²) in [5.74, 6) is -0.249. The number of carbonyl (C=O) groups excluding carboxylic acids is 1. The molecule has 36 heavy (non-hydrogen) atoms.